The van der Waals surface area contributed by atoms with E-state index in [0.717, 1.165) is 43.2 Å². The minimum absolute atomic E-state index is 0.210. The predicted molar refractivity (Wildman–Crippen MR) is 129 cm³/mol. The van der Waals surface area contributed by atoms with Crippen molar-refractivity contribution in [3.63, 3.8) is 0 Å². The van der Waals surface area contributed by atoms with Crippen molar-refractivity contribution >= 4 is 40.5 Å². The zero-order valence-corrected chi connectivity index (χ0v) is 19.0. The van der Waals surface area contributed by atoms with Crippen LogP contribution in [0, 0.1) is 0 Å². The summed E-state index contributed by atoms with van der Waals surface area (Å²) in [4.78, 5) is 42.7. The van der Waals surface area contributed by atoms with E-state index in [4.69, 9.17) is 9.47 Å². The lowest BCUT2D eigenvalue weighted by Crippen LogP contribution is -2.38. The van der Waals surface area contributed by atoms with Crippen LogP contribution in [0.2, 0.25) is 0 Å². The molecule has 9 heteroatoms. The normalized spacial score (nSPS) is 19.0. The van der Waals surface area contributed by atoms with Gasteiger partial charge in [0.05, 0.1) is 43.5 Å². The summed E-state index contributed by atoms with van der Waals surface area (Å²) in [6.45, 7) is 5.87. The molecular weight excluding hydrogens is 436 g/mol. The minimum Gasteiger partial charge on any atom is -0.378 e. The molecule has 3 aliphatic rings. The monoisotopic (exact) mass is 464 g/mol. The van der Waals surface area contributed by atoms with Gasteiger partial charge in [0.25, 0.3) is 5.91 Å². The first-order chi connectivity index (χ1) is 16.6. The Morgan fingerprint density at radius 2 is 1.29 bits per heavy atom. The van der Waals surface area contributed by atoms with Crippen molar-refractivity contribution in [2.24, 2.45) is 0 Å². The second-order valence-electron chi connectivity index (χ2n) is 8.52. The molecule has 3 aliphatic heterocycles. The van der Waals surface area contributed by atoms with Gasteiger partial charge in [0, 0.05) is 50.3 Å². The maximum absolute atomic E-state index is 13.1. The first-order valence-electron chi connectivity index (χ1n) is 11.7. The summed E-state index contributed by atoms with van der Waals surface area (Å²) in [5, 5.41) is 3.05. The van der Waals surface area contributed by atoms with Crippen LogP contribution >= 0.6 is 0 Å². The Bertz CT molecular complexity index is 1060. The molecule has 0 atom stereocenters. The van der Waals surface area contributed by atoms with E-state index in [1.165, 1.54) is 4.90 Å². The van der Waals surface area contributed by atoms with Crippen LogP contribution in [0.5, 0.6) is 0 Å². The highest BCUT2D eigenvalue weighted by Crippen LogP contribution is 2.33. The molecule has 0 aromatic heterocycles. The van der Waals surface area contributed by atoms with E-state index in [2.05, 4.69) is 21.2 Å². The molecule has 0 bridgehead atoms. The van der Waals surface area contributed by atoms with Crippen LogP contribution in [-0.2, 0) is 19.1 Å². The molecule has 0 radical (unpaired) electrons. The number of amides is 3. The molecule has 0 unspecified atom stereocenters. The highest BCUT2D eigenvalue weighted by Gasteiger charge is 2.30. The van der Waals surface area contributed by atoms with E-state index >= 15 is 0 Å². The molecule has 2 aromatic carbocycles. The fourth-order valence-corrected chi connectivity index (χ4v) is 4.53. The number of hydrogen-bond acceptors (Lipinski definition) is 7. The number of nitrogens with one attached hydrogen (secondary N) is 1. The average molecular weight is 465 g/mol. The van der Waals surface area contributed by atoms with Crippen molar-refractivity contribution in [3.05, 3.63) is 48.0 Å². The minimum atomic E-state index is -0.251. The van der Waals surface area contributed by atoms with Crippen molar-refractivity contribution in [2.45, 2.75) is 12.8 Å². The van der Waals surface area contributed by atoms with E-state index in [1.54, 1.807) is 24.3 Å². The van der Waals surface area contributed by atoms with Crippen LogP contribution in [-0.4, -0.2) is 70.3 Å². The lowest BCUT2D eigenvalue weighted by atomic mass is 10.1. The van der Waals surface area contributed by atoms with Crippen molar-refractivity contribution in [1.29, 1.82) is 0 Å². The van der Waals surface area contributed by atoms with Crippen LogP contribution in [0.25, 0.3) is 0 Å². The second kappa shape index (κ2) is 9.82. The fourth-order valence-electron chi connectivity index (χ4n) is 4.53. The molecule has 5 rings (SSSR count). The van der Waals surface area contributed by atoms with Gasteiger partial charge in [-0.1, -0.05) is 0 Å². The molecule has 178 valence electrons. The van der Waals surface area contributed by atoms with Gasteiger partial charge in [0.15, 0.2) is 0 Å². The van der Waals surface area contributed by atoms with Crippen LogP contribution < -0.4 is 20.0 Å². The van der Waals surface area contributed by atoms with E-state index in [0.29, 0.717) is 37.7 Å². The molecule has 1 N–H and O–H groups in total. The van der Waals surface area contributed by atoms with Gasteiger partial charge in [0.2, 0.25) is 11.8 Å². The molecule has 9 nitrogen and oxygen atoms in total. The van der Waals surface area contributed by atoms with Crippen LogP contribution in [0.1, 0.15) is 23.2 Å². The number of benzene rings is 2. The van der Waals surface area contributed by atoms with Gasteiger partial charge in [-0.15, -0.1) is 0 Å². The first-order valence-corrected chi connectivity index (χ1v) is 11.7. The van der Waals surface area contributed by atoms with Crippen LogP contribution in [0.15, 0.2) is 42.5 Å². The quantitative estimate of drug-likeness (QED) is 0.679. The third-order valence-electron chi connectivity index (χ3n) is 6.40. The second-order valence-corrected chi connectivity index (χ2v) is 8.52. The first kappa shape index (κ1) is 22.4. The number of carbonyl (C=O) groups is 3. The summed E-state index contributed by atoms with van der Waals surface area (Å²) >= 11 is 0. The number of rotatable bonds is 5. The summed E-state index contributed by atoms with van der Waals surface area (Å²) < 4.78 is 11.0. The van der Waals surface area contributed by atoms with E-state index < -0.39 is 0 Å². The predicted octanol–water partition coefficient (Wildman–Crippen LogP) is 2.27. The van der Waals surface area contributed by atoms with Crippen molar-refractivity contribution in [1.82, 2.24) is 0 Å². The van der Waals surface area contributed by atoms with Crippen molar-refractivity contribution in [2.75, 3.05) is 72.6 Å². The Morgan fingerprint density at radius 1 is 0.735 bits per heavy atom. The van der Waals surface area contributed by atoms with Gasteiger partial charge in [-0.3, -0.25) is 19.3 Å². The summed E-state index contributed by atoms with van der Waals surface area (Å²) in [7, 11) is 0. The number of nitrogens with zero attached hydrogens (tertiary/aromatic N) is 3. The highest BCUT2D eigenvalue weighted by molar-refractivity contribution is 6.20. The Morgan fingerprint density at radius 3 is 1.91 bits per heavy atom. The fraction of sp³-hybridized carbons (Fsp3) is 0.400. The van der Waals surface area contributed by atoms with Crippen molar-refractivity contribution < 1.29 is 23.9 Å². The van der Waals surface area contributed by atoms with Crippen molar-refractivity contribution in [3.8, 4) is 0 Å². The average Bonchev–Trinajstić information content (AvgIpc) is 3.23. The lowest BCUT2D eigenvalue weighted by molar-refractivity contribution is -0.121. The largest absolute Gasteiger partial charge is 0.378 e. The number of hydrogen-bond donors (Lipinski definition) is 1. The third kappa shape index (κ3) is 4.62. The van der Waals surface area contributed by atoms with Crippen LogP contribution in [0.3, 0.4) is 0 Å². The van der Waals surface area contributed by atoms with Gasteiger partial charge < -0.3 is 24.6 Å². The third-order valence-corrected chi connectivity index (χ3v) is 6.40. The van der Waals surface area contributed by atoms with E-state index in [9.17, 15) is 14.4 Å². The maximum Gasteiger partial charge on any atom is 0.255 e. The molecule has 3 saturated heterocycles. The molecule has 0 spiro atoms. The Labute approximate surface area is 198 Å². The number of anilines is 4. The molecule has 3 amide bonds. The Balaban J connectivity index is 1.36. The summed E-state index contributed by atoms with van der Waals surface area (Å²) in [5.74, 6) is -0.672. The number of ether oxygens (including phenoxy) is 2. The molecule has 3 fully saturated rings. The molecular formula is C25H28N4O5. The number of morpholine rings is 2. The SMILES string of the molecule is O=C(Nc1ccc(N2CCOCC2)cc1N1CCOCC1)c1ccc(N2C(=O)CCC2=O)cc1. The van der Waals surface area contributed by atoms with Gasteiger partial charge in [-0.05, 0) is 42.5 Å². The number of carbonyl (C=O) groups excluding carboxylic acids is 3. The lowest BCUT2D eigenvalue weighted by Gasteiger charge is -2.33. The Hall–Kier alpha value is -3.43. The van der Waals surface area contributed by atoms with Gasteiger partial charge >= 0.3 is 0 Å². The molecule has 3 heterocycles. The maximum atomic E-state index is 13.1. The van der Waals surface area contributed by atoms with E-state index in [1.807, 2.05) is 12.1 Å². The summed E-state index contributed by atoms with van der Waals surface area (Å²) in [5.41, 5.74) is 3.75. The van der Waals surface area contributed by atoms with Gasteiger partial charge in [-0.2, -0.15) is 0 Å². The summed E-state index contributed by atoms with van der Waals surface area (Å²) in [6, 6.07) is 12.7. The van der Waals surface area contributed by atoms with Crippen LogP contribution in [0.4, 0.5) is 22.7 Å². The molecule has 2 aromatic rings. The van der Waals surface area contributed by atoms with E-state index in [-0.39, 0.29) is 30.6 Å². The smallest absolute Gasteiger partial charge is 0.255 e. The molecule has 0 saturated carbocycles. The number of imide groups is 1. The highest BCUT2D eigenvalue weighted by atomic mass is 16.5. The van der Waals surface area contributed by atoms with Gasteiger partial charge in [0.1, 0.15) is 0 Å². The zero-order valence-electron chi connectivity index (χ0n) is 19.0. The van der Waals surface area contributed by atoms with Gasteiger partial charge in [-0.25, -0.2) is 0 Å². The zero-order chi connectivity index (χ0) is 23.5. The standard InChI is InChI=1S/C25H28N4O5/c30-23-7-8-24(31)29(23)19-3-1-18(2-4-19)25(32)26-21-6-5-20(27-9-13-33-14-10-27)17-22(21)28-11-15-34-16-12-28/h1-6,17H,7-16H2,(H,26,32). The summed E-state index contributed by atoms with van der Waals surface area (Å²) in [6.07, 6.45) is 0.456. The molecule has 34 heavy (non-hydrogen) atoms. The Kier molecular flexibility index (Phi) is 6.46. The molecule has 0 aliphatic carbocycles. The topological polar surface area (TPSA) is 91.4 Å².